The normalized spacial score (nSPS) is 10.5. The number of aromatic nitrogens is 2. The van der Waals surface area contributed by atoms with E-state index in [9.17, 15) is 9.18 Å². The van der Waals surface area contributed by atoms with Gasteiger partial charge in [0.25, 0.3) is 0 Å². The molecule has 0 fully saturated rings. The van der Waals surface area contributed by atoms with Crippen LogP contribution < -0.4 is 19.5 Å². The molecule has 9 heteroatoms. The molecular formula is C21H22FN3O5. The van der Waals surface area contributed by atoms with Crippen LogP contribution in [0.25, 0.3) is 11.4 Å². The molecular weight excluding hydrogens is 393 g/mol. The highest BCUT2D eigenvalue weighted by atomic mass is 19.1. The fourth-order valence-corrected chi connectivity index (χ4v) is 2.85. The molecule has 1 aromatic heterocycles. The van der Waals surface area contributed by atoms with Crippen LogP contribution in [0.5, 0.6) is 17.2 Å². The van der Waals surface area contributed by atoms with E-state index in [1.54, 1.807) is 24.3 Å². The van der Waals surface area contributed by atoms with Gasteiger partial charge in [-0.25, -0.2) is 4.39 Å². The predicted octanol–water partition coefficient (Wildman–Crippen LogP) is 3.86. The van der Waals surface area contributed by atoms with Gasteiger partial charge in [-0.05, 0) is 30.7 Å². The number of anilines is 1. The molecule has 0 aliphatic heterocycles. The summed E-state index contributed by atoms with van der Waals surface area (Å²) in [5.74, 6) is 1.63. The summed E-state index contributed by atoms with van der Waals surface area (Å²) in [5, 5.41) is 6.70. The zero-order valence-electron chi connectivity index (χ0n) is 16.9. The van der Waals surface area contributed by atoms with Crippen LogP contribution in [0.4, 0.5) is 10.1 Å². The molecule has 0 aliphatic rings. The molecule has 3 aromatic rings. The highest BCUT2D eigenvalue weighted by Crippen LogP contribution is 2.39. The lowest BCUT2D eigenvalue weighted by Crippen LogP contribution is -2.12. The number of carbonyl (C=O) groups is 1. The lowest BCUT2D eigenvalue weighted by Gasteiger charge is -2.14. The molecule has 1 heterocycles. The van der Waals surface area contributed by atoms with Crippen LogP contribution >= 0.6 is 0 Å². The number of hydrogen-bond donors (Lipinski definition) is 1. The van der Waals surface area contributed by atoms with Gasteiger partial charge in [0.05, 0.1) is 21.3 Å². The molecule has 0 radical (unpaired) electrons. The van der Waals surface area contributed by atoms with Crippen LogP contribution in [-0.4, -0.2) is 37.4 Å². The molecule has 0 saturated carbocycles. The van der Waals surface area contributed by atoms with E-state index in [0.29, 0.717) is 53.1 Å². The van der Waals surface area contributed by atoms with Crippen molar-refractivity contribution >= 4 is 11.6 Å². The highest BCUT2D eigenvalue weighted by Gasteiger charge is 2.15. The fraction of sp³-hybridized carbons (Fsp3) is 0.286. The third-order valence-electron chi connectivity index (χ3n) is 4.31. The molecule has 0 saturated heterocycles. The van der Waals surface area contributed by atoms with Gasteiger partial charge in [-0.2, -0.15) is 4.98 Å². The van der Waals surface area contributed by atoms with E-state index in [1.165, 1.54) is 33.5 Å². The van der Waals surface area contributed by atoms with Crippen LogP contribution in [0, 0.1) is 5.82 Å². The van der Waals surface area contributed by atoms with E-state index >= 15 is 0 Å². The van der Waals surface area contributed by atoms with Crippen LogP contribution in [-0.2, 0) is 11.2 Å². The highest BCUT2D eigenvalue weighted by molar-refractivity contribution is 5.91. The lowest BCUT2D eigenvalue weighted by molar-refractivity contribution is -0.116. The van der Waals surface area contributed by atoms with Crippen molar-refractivity contribution in [2.75, 3.05) is 26.6 Å². The van der Waals surface area contributed by atoms with Gasteiger partial charge in [0, 0.05) is 36.2 Å². The number of nitrogens with one attached hydrogen (secondary N) is 1. The van der Waals surface area contributed by atoms with Crippen molar-refractivity contribution in [3.05, 3.63) is 48.1 Å². The SMILES string of the molecule is COc1cc(NC(=O)CCCc2nc(-c3ccc(F)cc3)no2)cc(OC)c1OC. The van der Waals surface area contributed by atoms with Crippen molar-refractivity contribution in [3.63, 3.8) is 0 Å². The zero-order valence-corrected chi connectivity index (χ0v) is 16.9. The van der Waals surface area contributed by atoms with Crippen LogP contribution in [0.15, 0.2) is 40.9 Å². The number of rotatable bonds is 9. The van der Waals surface area contributed by atoms with Crippen molar-refractivity contribution in [1.82, 2.24) is 10.1 Å². The third kappa shape index (κ3) is 5.05. The van der Waals surface area contributed by atoms with Crippen LogP contribution in [0.1, 0.15) is 18.7 Å². The van der Waals surface area contributed by atoms with Crippen molar-refractivity contribution in [3.8, 4) is 28.6 Å². The number of methoxy groups -OCH3 is 3. The van der Waals surface area contributed by atoms with Gasteiger partial charge in [0.15, 0.2) is 11.5 Å². The standard InChI is InChI=1S/C21H22FN3O5/c1-27-16-11-15(12-17(28-2)20(16)29-3)23-18(26)5-4-6-19-24-21(25-30-19)13-7-9-14(22)10-8-13/h7-12H,4-6H2,1-3H3,(H,23,26). The predicted molar refractivity (Wildman–Crippen MR) is 107 cm³/mol. The molecule has 1 N–H and O–H groups in total. The van der Waals surface area contributed by atoms with Gasteiger partial charge in [-0.3, -0.25) is 4.79 Å². The van der Waals surface area contributed by atoms with Gasteiger partial charge in [0.2, 0.25) is 23.4 Å². The van der Waals surface area contributed by atoms with Gasteiger partial charge < -0.3 is 24.1 Å². The maximum Gasteiger partial charge on any atom is 0.226 e. The Kier molecular flexibility index (Phi) is 6.84. The molecule has 0 aliphatic carbocycles. The molecule has 158 valence electrons. The van der Waals surface area contributed by atoms with E-state index in [-0.39, 0.29) is 18.1 Å². The first-order valence-corrected chi connectivity index (χ1v) is 9.22. The van der Waals surface area contributed by atoms with E-state index in [0.717, 1.165) is 0 Å². The van der Waals surface area contributed by atoms with Crippen LogP contribution in [0.3, 0.4) is 0 Å². The summed E-state index contributed by atoms with van der Waals surface area (Å²) in [6.07, 6.45) is 1.21. The number of benzene rings is 2. The van der Waals surface area contributed by atoms with Crippen molar-refractivity contribution in [2.45, 2.75) is 19.3 Å². The average Bonchev–Trinajstić information content (AvgIpc) is 3.22. The second kappa shape index (κ2) is 9.73. The Morgan fingerprint density at radius 2 is 1.73 bits per heavy atom. The Morgan fingerprint density at radius 1 is 1.07 bits per heavy atom. The number of hydrogen-bond acceptors (Lipinski definition) is 7. The Hall–Kier alpha value is -3.62. The Morgan fingerprint density at radius 3 is 2.33 bits per heavy atom. The summed E-state index contributed by atoms with van der Waals surface area (Å²) in [7, 11) is 4.53. The number of carbonyl (C=O) groups excluding carboxylic acids is 1. The molecule has 0 atom stereocenters. The average molecular weight is 415 g/mol. The molecule has 3 rings (SSSR count). The third-order valence-corrected chi connectivity index (χ3v) is 4.31. The van der Waals surface area contributed by atoms with Crippen molar-refractivity contribution in [2.24, 2.45) is 0 Å². The molecule has 0 unspecified atom stereocenters. The maximum absolute atomic E-state index is 13.0. The summed E-state index contributed by atoms with van der Waals surface area (Å²) in [4.78, 5) is 16.6. The molecule has 0 spiro atoms. The molecule has 0 bridgehead atoms. The van der Waals surface area contributed by atoms with Gasteiger partial charge in [-0.15, -0.1) is 0 Å². The van der Waals surface area contributed by atoms with Crippen molar-refractivity contribution < 1.29 is 27.9 Å². The van der Waals surface area contributed by atoms with Crippen molar-refractivity contribution in [1.29, 1.82) is 0 Å². The number of ether oxygens (including phenoxy) is 3. The number of aryl methyl sites for hydroxylation is 1. The lowest BCUT2D eigenvalue weighted by atomic mass is 10.2. The topological polar surface area (TPSA) is 95.7 Å². The van der Waals surface area contributed by atoms with E-state index in [4.69, 9.17) is 18.7 Å². The second-order valence-electron chi connectivity index (χ2n) is 6.33. The monoisotopic (exact) mass is 415 g/mol. The van der Waals surface area contributed by atoms with E-state index in [1.807, 2.05) is 0 Å². The smallest absolute Gasteiger partial charge is 0.226 e. The summed E-state index contributed by atoms with van der Waals surface area (Å²) >= 11 is 0. The Bertz CT molecular complexity index is 979. The van der Waals surface area contributed by atoms with Gasteiger partial charge in [0.1, 0.15) is 5.82 Å². The molecule has 1 amide bonds. The van der Waals surface area contributed by atoms with Crippen LogP contribution in [0.2, 0.25) is 0 Å². The quantitative estimate of drug-likeness (QED) is 0.567. The first-order chi connectivity index (χ1) is 14.5. The summed E-state index contributed by atoms with van der Waals surface area (Å²) < 4.78 is 34.0. The van der Waals surface area contributed by atoms with Gasteiger partial charge in [-0.1, -0.05) is 5.16 Å². The molecule has 2 aromatic carbocycles. The Labute approximate surface area is 173 Å². The minimum atomic E-state index is -0.333. The summed E-state index contributed by atoms with van der Waals surface area (Å²) in [5.41, 5.74) is 1.19. The van der Waals surface area contributed by atoms with Gasteiger partial charge >= 0.3 is 0 Å². The fourth-order valence-electron chi connectivity index (χ4n) is 2.85. The second-order valence-corrected chi connectivity index (χ2v) is 6.33. The van der Waals surface area contributed by atoms with E-state index < -0.39 is 0 Å². The molecule has 30 heavy (non-hydrogen) atoms. The number of amides is 1. The summed E-state index contributed by atoms with van der Waals surface area (Å²) in [6.45, 7) is 0. The number of halogens is 1. The Balaban J connectivity index is 1.55. The first kappa shape index (κ1) is 21.1. The summed E-state index contributed by atoms with van der Waals surface area (Å²) in [6, 6.07) is 9.14. The minimum absolute atomic E-state index is 0.178. The zero-order chi connectivity index (χ0) is 21.5. The van der Waals surface area contributed by atoms with E-state index in [2.05, 4.69) is 15.5 Å². The first-order valence-electron chi connectivity index (χ1n) is 9.22. The minimum Gasteiger partial charge on any atom is -0.493 e. The molecule has 8 nitrogen and oxygen atoms in total. The largest absolute Gasteiger partial charge is 0.493 e. The number of nitrogens with zero attached hydrogens (tertiary/aromatic N) is 2. The maximum atomic E-state index is 13.0.